The van der Waals surface area contributed by atoms with Gasteiger partial charge >= 0.3 is 0 Å². The maximum absolute atomic E-state index is 5.37. The molecule has 1 aromatic carbocycles. The molecule has 0 unspecified atom stereocenters. The molecule has 0 atom stereocenters. The Labute approximate surface area is 132 Å². The van der Waals surface area contributed by atoms with Crippen LogP contribution in [0.4, 0.5) is 0 Å². The van der Waals surface area contributed by atoms with Gasteiger partial charge < -0.3 is 9.42 Å². The predicted molar refractivity (Wildman–Crippen MR) is 87.5 cm³/mol. The first-order chi connectivity index (χ1) is 10.8. The van der Waals surface area contributed by atoms with E-state index in [0.29, 0.717) is 5.82 Å². The molecule has 1 saturated carbocycles. The minimum absolute atomic E-state index is 0.694. The fourth-order valence-corrected chi connectivity index (χ4v) is 2.79. The molecule has 0 aliphatic heterocycles. The second-order valence-corrected chi connectivity index (χ2v) is 6.23. The van der Waals surface area contributed by atoms with E-state index in [1.807, 2.05) is 30.3 Å². The maximum Gasteiger partial charge on any atom is 0.227 e. The Kier molecular flexibility index (Phi) is 5.22. The van der Waals surface area contributed by atoms with Crippen LogP contribution in [0.1, 0.15) is 38.5 Å². The fraction of sp³-hybridized carbons (Fsp3) is 0.556. The highest BCUT2D eigenvalue weighted by molar-refractivity contribution is 5.53. The third-order valence-corrected chi connectivity index (χ3v) is 4.12. The zero-order chi connectivity index (χ0) is 15.2. The molecule has 4 nitrogen and oxygen atoms in total. The van der Waals surface area contributed by atoms with E-state index in [2.05, 4.69) is 22.0 Å². The SMILES string of the molecule is CCCN(CCCc1nc(-c2ccccc2)no1)CC1CC1. The van der Waals surface area contributed by atoms with Crippen molar-refractivity contribution in [2.24, 2.45) is 5.92 Å². The van der Waals surface area contributed by atoms with Crippen molar-refractivity contribution >= 4 is 0 Å². The van der Waals surface area contributed by atoms with Gasteiger partial charge in [-0.1, -0.05) is 42.4 Å². The molecule has 0 saturated heterocycles. The van der Waals surface area contributed by atoms with Crippen molar-refractivity contribution in [2.75, 3.05) is 19.6 Å². The van der Waals surface area contributed by atoms with E-state index in [0.717, 1.165) is 36.8 Å². The first kappa shape index (κ1) is 15.2. The Morgan fingerprint density at radius 3 is 2.73 bits per heavy atom. The normalized spacial score (nSPS) is 14.6. The van der Waals surface area contributed by atoms with Gasteiger partial charge in [-0.25, -0.2) is 0 Å². The molecule has 0 amide bonds. The van der Waals surface area contributed by atoms with E-state index in [-0.39, 0.29) is 0 Å². The van der Waals surface area contributed by atoms with Gasteiger partial charge in [0.05, 0.1) is 0 Å². The molecule has 0 spiro atoms. The summed E-state index contributed by atoms with van der Waals surface area (Å²) in [5, 5.41) is 4.08. The summed E-state index contributed by atoms with van der Waals surface area (Å²) in [6.07, 6.45) is 6.02. The average molecular weight is 299 g/mol. The Bertz CT molecular complexity index is 563. The van der Waals surface area contributed by atoms with Crippen molar-refractivity contribution < 1.29 is 4.52 Å². The van der Waals surface area contributed by atoms with Crippen LogP contribution in [0.25, 0.3) is 11.4 Å². The van der Waals surface area contributed by atoms with Crippen LogP contribution < -0.4 is 0 Å². The van der Waals surface area contributed by atoms with Crippen LogP contribution in [0, 0.1) is 5.92 Å². The van der Waals surface area contributed by atoms with Crippen molar-refractivity contribution in [3.8, 4) is 11.4 Å². The second kappa shape index (κ2) is 7.54. The van der Waals surface area contributed by atoms with Crippen molar-refractivity contribution in [1.82, 2.24) is 15.0 Å². The highest BCUT2D eigenvalue weighted by Crippen LogP contribution is 2.29. The van der Waals surface area contributed by atoms with Gasteiger partial charge in [-0.2, -0.15) is 4.98 Å². The summed E-state index contributed by atoms with van der Waals surface area (Å²) in [7, 11) is 0. The highest BCUT2D eigenvalue weighted by atomic mass is 16.5. The molecular formula is C18H25N3O. The third-order valence-electron chi connectivity index (χ3n) is 4.12. The lowest BCUT2D eigenvalue weighted by Gasteiger charge is -2.20. The molecule has 3 rings (SSSR count). The van der Waals surface area contributed by atoms with Crippen LogP contribution in [-0.4, -0.2) is 34.7 Å². The Hall–Kier alpha value is -1.68. The quantitative estimate of drug-likeness (QED) is 0.706. The lowest BCUT2D eigenvalue weighted by molar-refractivity contribution is 0.255. The first-order valence-corrected chi connectivity index (χ1v) is 8.45. The van der Waals surface area contributed by atoms with Crippen molar-refractivity contribution in [3.63, 3.8) is 0 Å². The van der Waals surface area contributed by atoms with Gasteiger partial charge in [0.25, 0.3) is 0 Å². The molecule has 2 aromatic rings. The lowest BCUT2D eigenvalue weighted by Crippen LogP contribution is -2.28. The summed E-state index contributed by atoms with van der Waals surface area (Å²) >= 11 is 0. The highest BCUT2D eigenvalue weighted by Gasteiger charge is 2.23. The third kappa shape index (κ3) is 4.41. The van der Waals surface area contributed by atoms with E-state index in [9.17, 15) is 0 Å². The van der Waals surface area contributed by atoms with Crippen molar-refractivity contribution in [3.05, 3.63) is 36.2 Å². The van der Waals surface area contributed by atoms with Gasteiger partial charge in [0.1, 0.15) is 0 Å². The molecule has 0 N–H and O–H groups in total. The van der Waals surface area contributed by atoms with Crippen LogP contribution >= 0.6 is 0 Å². The van der Waals surface area contributed by atoms with Crippen molar-refractivity contribution in [2.45, 2.75) is 39.0 Å². The van der Waals surface area contributed by atoms with Gasteiger partial charge in [-0.05, 0) is 44.7 Å². The van der Waals surface area contributed by atoms with Crippen LogP contribution in [-0.2, 0) is 6.42 Å². The Morgan fingerprint density at radius 2 is 2.00 bits per heavy atom. The number of hydrogen-bond acceptors (Lipinski definition) is 4. The van der Waals surface area contributed by atoms with Gasteiger partial charge in [0.2, 0.25) is 11.7 Å². The number of nitrogens with zero attached hydrogens (tertiary/aromatic N) is 3. The topological polar surface area (TPSA) is 42.2 Å². The van der Waals surface area contributed by atoms with Gasteiger partial charge in [-0.15, -0.1) is 0 Å². The number of rotatable bonds is 9. The first-order valence-electron chi connectivity index (χ1n) is 8.45. The number of hydrogen-bond donors (Lipinski definition) is 0. The lowest BCUT2D eigenvalue weighted by atomic mass is 10.2. The zero-order valence-electron chi connectivity index (χ0n) is 13.4. The number of aryl methyl sites for hydroxylation is 1. The molecule has 22 heavy (non-hydrogen) atoms. The molecule has 0 bridgehead atoms. The summed E-state index contributed by atoms with van der Waals surface area (Å²) in [6.45, 7) is 5.86. The number of benzene rings is 1. The van der Waals surface area contributed by atoms with E-state index < -0.39 is 0 Å². The van der Waals surface area contributed by atoms with E-state index >= 15 is 0 Å². The summed E-state index contributed by atoms with van der Waals surface area (Å²) in [5.41, 5.74) is 1.01. The average Bonchev–Trinajstić information content (AvgIpc) is 3.23. The molecule has 4 heteroatoms. The summed E-state index contributed by atoms with van der Waals surface area (Å²) in [4.78, 5) is 7.09. The van der Waals surface area contributed by atoms with Gasteiger partial charge in [0, 0.05) is 18.5 Å². The van der Waals surface area contributed by atoms with Crippen LogP contribution in [0.3, 0.4) is 0 Å². The molecule has 1 heterocycles. The molecule has 1 aliphatic carbocycles. The van der Waals surface area contributed by atoms with Crippen LogP contribution in [0.2, 0.25) is 0 Å². The van der Waals surface area contributed by atoms with E-state index in [4.69, 9.17) is 4.52 Å². The monoisotopic (exact) mass is 299 g/mol. The minimum atomic E-state index is 0.694. The predicted octanol–water partition coefficient (Wildman–Crippen LogP) is 3.79. The molecule has 118 valence electrons. The summed E-state index contributed by atoms with van der Waals surface area (Å²) < 4.78 is 5.37. The molecule has 1 aliphatic rings. The standard InChI is InChI=1S/C18H25N3O/c1-2-12-21(14-15-10-11-15)13-6-9-17-19-18(20-22-17)16-7-4-3-5-8-16/h3-5,7-8,15H,2,6,9-14H2,1H3. The second-order valence-electron chi connectivity index (χ2n) is 6.23. The fourth-order valence-electron chi connectivity index (χ4n) is 2.79. The van der Waals surface area contributed by atoms with Gasteiger partial charge in [0.15, 0.2) is 0 Å². The van der Waals surface area contributed by atoms with Crippen LogP contribution in [0.5, 0.6) is 0 Å². The summed E-state index contributed by atoms with van der Waals surface area (Å²) in [6, 6.07) is 9.99. The molecule has 1 aromatic heterocycles. The molecule has 1 fully saturated rings. The largest absolute Gasteiger partial charge is 0.339 e. The van der Waals surface area contributed by atoms with Crippen LogP contribution in [0.15, 0.2) is 34.9 Å². The Morgan fingerprint density at radius 1 is 1.18 bits per heavy atom. The van der Waals surface area contributed by atoms with Crippen molar-refractivity contribution in [1.29, 1.82) is 0 Å². The minimum Gasteiger partial charge on any atom is -0.339 e. The number of aromatic nitrogens is 2. The van der Waals surface area contributed by atoms with E-state index in [1.54, 1.807) is 0 Å². The summed E-state index contributed by atoms with van der Waals surface area (Å²) in [5.74, 6) is 2.40. The smallest absolute Gasteiger partial charge is 0.227 e. The molecule has 0 radical (unpaired) electrons. The molecular weight excluding hydrogens is 274 g/mol. The Balaban J connectivity index is 1.48. The van der Waals surface area contributed by atoms with Gasteiger partial charge in [-0.3, -0.25) is 0 Å². The zero-order valence-corrected chi connectivity index (χ0v) is 13.4. The maximum atomic E-state index is 5.37. The van der Waals surface area contributed by atoms with E-state index in [1.165, 1.54) is 32.4 Å².